The monoisotopic (exact) mass is 115 g/mol. The van der Waals surface area contributed by atoms with E-state index in [0.29, 0.717) is 0 Å². The molecule has 0 aliphatic carbocycles. The summed E-state index contributed by atoms with van der Waals surface area (Å²) in [7, 11) is 0. The molecule has 0 aromatic carbocycles. The summed E-state index contributed by atoms with van der Waals surface area (Å²) in [5, 5.41) is 0. The van der Waals surface area contributed by atoms with Gasteiger partial charge in [0, 0.05) is 0 Å². The van der Waals surface area contributed by atoms with E-state index in [1.54, 1.807) is 0 Å². The molecule has 0 bridgehead atoms. The van der Waals surface area contributed by atoms with Gasteiger partial charge in [-0.1, -0.05) is 0 Å². The van der Waals surface area contributed by atoms with Crippen molar-refractivity contribution in [3.63, 3.8) is 0 Å². The van der Waals surface area contributed by atoms with Crippen molar-refractivity contribution in [2.75, 3.05) is 0 Å². The summed E-state index contributed by atoms with van der Waals surface area (Å²) in [6.07, 6.45) is 0. The fraction of sp³-hybridized carbons (Fsp3) is 0. The van der Waals surface area contributed by atoms with Crippen LogP contribution in [0.5, 0.6) is 0 Å². The molecule has 0 saturated heterocycles. The molecule has 5 nitrogen and oxygen atoms in total. The van der Waals surface area contributed by atoms with Crippen LogP contribution in [0.3, 0.4) is 0 Å². The molecule has 0 rings (SSSR count). The smallest absolute Gasteiger partial charge is 0.187 e. The Hall–Kier alpha value is 0.332. The summed E-state index contributed by atoms with van der Waals surface area (Å²) < 4.78 is 0. The van der Waals surface area contributed by atoms with Gasteiger partial charge in [0.2, 0.25) is 0 Å². The molecule has 0 saturated carbocycles. The Kier molecular flexibility index (Phi) is 246000. The van der Waals surface area contributed by atoms with Gasteiger partial charge in [-0.15, -0.1) is 0 Å². The van der Waals surface area contributed by atoms with E-state index < -0.39 is 0 Å². The average Bonchev–Trinajstić information content (AvgIpc) is 0. The lowest BCUT2D eigenvalue weighted by Gasteiger charge is -0.345. The Labute approximate surface area is 48.9 Å². The van der Waals surface area contributed by atoms with Gasteiger partial charge in [0.25, 0.3) is 0 Å². The van der Waals surface area contributed by atoms with Crippen LogP contribution in [0.25, 0.3) is 0 Å². The maximum absolute atomic E-state index is 0. The molecular formula is H18AlN5. The standard InChI is InChI=1S/Al.5H3N.3H/h;5*1H3;;;. The van der Waals surface area contributed by atoms with E-state index >= 15 is 0 Å². The summed E-state index contributed by atoms with van der Waals surface area (Å²) in [4.78, 5) is 0. The Morgan fingerprint density at radius 3 is 0.333 bits per heavy atom. The van der Waals surface area contributed by atoms with Crippen molar-refractivity contribution in [1.82, 2.24) is 30.8 Å². The van der Waals surface area contributed by atoms with E-state index in [-0.39, 0.29) is 48.1 Å². The number of hydrogen-bond acceptors (Lipinski definition) is 5. The molecule has 0 aliphatic rings. The predicted molar refractivity (Wildman–Crippen MR) is 35.0 cm³/mol. The lowest BCUT2D eigenvalue weighted by Crippen LogP contribution is -0.482. The largest absolute Gasteiger partial charge is 0.344 e. The van der Waals surface area contributed by atoms with Crippen LogP contribution in [0.2, 0.25) is 0 Å². The third-order valence-electron chi connectivity index (χ3n) is 0. The van der Waals surface area contributed by atoms with Crippen LogP contribution in [-0.4, -0.2) is 17.4 Å². The Balaban J connectivity index is 0. The topological polar surface area (TPSA) is 175 Å². The van der Waals surface area contributed by atoms with E-state index in [9.17, 15) is 0 Å². The van der Waals surface area contributed by atoms with Gasteiger partial charge in [0.05, 0.1) is 0 Å². The summed E-state index contributed by atoms with van der Waals surface area (Å²) in [5.41, 5.74) is 0. The first kappa shape index (κ1) is 1630. The molecule has 0 unspecified atom stereocenters. The first-order valence-electron chi connectivity index (χ1n) is 0. The predicted octanol–water partition coefficient (Wildman–Crippen LogP) is -0.374. The Morgan fingerprint density at radius 1 is 0.333 bits per heavy atom. The highest BCUT2D eigenvalue weighted by molar-refractivity contribution is 5.75. The Morgan fingerprint density at radius 2 is 0.333 bits per heavy atom. The summed E-state index contributed by atoms with van der Waals surface area (Å²) in [5.74, 6) is 0. The molecule has 0 spiro atoms. The maximum Gasteiger partial charge on any atom is 0.187 e. The summed E-state index contributed by atoms with van der Waals surface area (Å²) >= 11 is 0. The van der Waals surface area contributed by atoms with Crippen LogP contribution < -0.4 is 30.8 Å². The zero-order valence-electron chi connectivity index (χ0n) is 3.54. The lowest BCUT2D eigenvalue weighted by molar-refractivity contribution is 2.13. The van der Waals surface area contributed by atoms with Crippen molar-refractivity contribution in [1.29, 1.82) is 0 Å². The molecule has 46 valence electrons. The van der Waals surface area contributed by atoms with E-state index in [2.05, 4.69) is 0 Å². The van der Waals surface area contributed by atoms with Gasteiger partial charge in [0.1, 0.15) is 0 Å². The number of rotatable bonds is 0. The van der Waals surface area contributed by atoms with Gasteiger partial charge < -0.3 is 30.8 Å². The van der Waals surface area contributed by atoms with Crippen molar-refractivity contribution >= 4 is 17.4 Å². The van der Waals surface area contributed by atoms with Crippen molar-refractivity contribution in [3.05, 3.63) is 0 Å². The van der Waals surface area contributed by atoms with Gasteiger partial charge in [-0.25, -0.2) is 0 Å². The third kappa shape index (κ3) is 435. The van der Waals surface area contributed by atoms with Crippen LogP contribution in [0.1, 0.15) is 0 Å². The molecule has 0 fully saturated rings. The van der Waals surface area contributed by atoms with E-state index in [1.807, 2.05) is 0 Å². The quantitative estimate of drug-likeness (QED) is 0.270. The fourth-order valence-corrected chi connectivity index (χ4v) is 0. The zero-order valence-corrected chi connectivity index (χ0v) is 3.54. The van der Waals surface area contributed by atoms with Gasteiger partial charge in [-0.2, -0.15) is 0 Å². The second-order valence-corrected chi connectivity index (χ2v) is 0. The Bertz CT molecular complexity index is 3.90. The van der Waals surface area contributed by atoms with Crippen molar-refractivity contribution < 1.29 is 0 Å². The first-order chi connectivity index (χ1) is 0. The van der Waals surface area contributed by atoms with Gasteiger partial charge >= 0.3 is 0 Å². The molecule has 0 amide bonds. The second kappa shape index (κ2) is 906. The molecule has 15 N–H and O–H groups in total. The molecule has 0 aromatic heterocycles. The van der Waals surface area contributed by atoms with E-state index in [4.69, 9.17) is 0 Å². The van der Waals surface area contributed by atoms with Gasteiger partial charge in [0.15, 0.2) is 17.4 Å². The SMILES string of the molecule is N.N.N.N.N.[AlH3]. The molecular weight excluding hydrogens is 97.0 g/mol. The van der Waals surface area contributed by atoms with E-state index in [0.717, 1.165) is 0 Å². The van der Waals surface area contributed by atoms with E-state index in [1.165, 1.54) is 0 Å². The molecule has 0 aliphatic heterocycles. The average molecular weight is 115 g/mol. The molecule has 6 heteroatoms. The van der Waals surface area contributed by atoms with Gasteiger partial charge in [-0.05, 0) is 0 Å². The van der Waals surface area contributed by atoms with Crippen molar-refractivity contribution in [2.45, 2.75) is 0 Å². The molecule has 0 aromatic rings. The molecule has 6 heavy (non-hydrogen) atoms. The summed E-state index contributed by atoms with van der Waals surface area (Å²) in [6.45, 7) is 0. The normalized spacial score (nSPS) is 0. The zero-order chi connectivity index (χ0) is 0. The highest BCUT2D eigenvalue weighted by atomic mass is 27.0. The minimum atomic E-state index is 0. The molecule has 0 atom stereocenters. The van der Waals surface area contributed by atoms with Crippen LogP contribution in [0.4, 0.5) is 0 Å². The number of hydrogen-bond donors (Lipinski definition) is 5. The minimum absolute atomic E-state index is 0. The molecule has 0 radical (unpaired) electrons. The second-order valence-electron chi connectivity index (χ2n) is 0. The van der Waals surface area contributed by atoms with Crippen molar-refractivity contribution in [2.24, 2.45) is 0 Å². The van der Waals surface area contributed by atoms with Crippen LogP contribution in [0.15, 0.2) is 0 Å². The lowest BCUT2D eigenvalue weighted by atomic mass is 14.0. The van der Waals surface area contributed by atoms with Gasteiger partial charge in [-0.3, -0.25) is 0 Å². The highest BCUT2D eigenvalue weighted by Gasteiger charge is 0.187. The fourth-order valence-electron chi connectivity index (χ4n) is 0. The first-order valence-corrected chi connectivity index (χ1v) is 0. The molecule has 0 heterocycles. The summed E-state index contributed by atoms with van der Waals surface area (Å²) in [6, 6.07) is 0. The maximum atomic E-state index is 0. The van der Waals surface area contributed by atoms with Crippen molar-refractivity contribution in [3.8, 4) is 0 Å². The van der Waals surface area contributed by atoms with Crippen LogP contribution in [-0.2, 0) is 0 Å². The van der Waals surface area contributed by atoms with Crippen LogP contribution >= 0.6 is 0 Å². The third-order valence-corrected chi connectivity index (χ3v) is 0. The highest BCUT2D eigenvalue weighted by Crippen LogP contribution is -0.381. The minimum Gasteiger partial charge on any atom is -0.344 e. The van der Waals surface area contributed by atoms with Crippen LogP contribution in [0, 0.1) is 0 Å².